The molecule has 0 bridgehead atoms. The van der Waals surface area contributed by atoms with Gasteiger partial charge in [-0.25, -0.2) is 5.43 Å². The highest BCUT2D eigenvalue weighted by atomic mass is 32.1. The van der Waals surface area contributed by atoms with Crippen LogP contribution in [0, 0.1) is 0 Å². The fourth-order valence-corrected chi connectivity index (χ4v) is 1.19. The van der Waals surface area contributed by atoms with E-state index in [1.165, 1.54) is 0 Å². The van der Waals surface area contributed by atoms with Gasteiger partial charge in [0.2, 0.25) is 0 Å². The number of rotatable bonds is 1. The van der Waals surface area contributed by atoms with Gasteiger partial charge in [-0.3, -0.25) is 10.7 Å². The van der Waals surface area contributed by atoms with E-state index in [0.717, 1.165) is 13.3 Å². The van der Waals surface area contributed by atoms with Crippen LogP contribution in [0.3, 0.4) is 0 Å². The quantitative estimate of drug-likeness (QED) is 0.339. The van der Waals surface area contributed by atoms with Crippen LogP contribution < -0.4 is 21.5 Å². The minimum Gasteiger partial charge on any atom is -0.346 e. The van der Waals surface area contributed by atoms with Gasteiger partial charge < -0.3 is 5.32 Å². The van der Waals surface area contributed by atoms with Crippen molar-refractivity contribution in [3.8, 4) is 0 Å². The summed E-state index contributed by atoms with van der Waals surface area (Å²) in [6.07, 6.45) is 0. The molecule has 2 saturated heterocycles. The van der Waals surface area contributed by atoms with Gasteiger partial charge in [-0.2, -0.15) is 0 Å². The zero-order valence-electron chi connectivity index (χ0n) is 5.92. The second kappa shape index (κ2) is 2.88. The summed E-state index contributed by atoms with van der Waals surface area (Å²) in [7, 11) is 0. The Morgan fingerprint density at radius 3 is 2.73 bits per heavy atom. The van der Waals surface area contributed by atoms with Crippen LogP contribution in [0.1, 0.15) is 0 Å². The van der Waals surface area contributed by atoms with Gasteiger partial charge in [0.1, 0.15) is 6.67 Å². The van der Waals surface area contributed by atoms with Crippen LogP contribution in [-0.4, -0.2) is 35.4 Å². The summed E-state index contributed by atoms with van der Waals surface area (Å²) in [5, 5.41) is 10.6. The molecule has 0 amide bonds. The molecule has 0 aromatic carbocycles. The number of hydrazine groups is 3. The molecule has 0 aromatic rings. The van der Waals surface area contributed by atoms with Crippen LogP contribution in [-0.2, 0) is 0 Å². The average Bonchev–Trinajstić information content (AvgIpc) is 2.55. The van der Waals surface area contributed by atoms with Crippen LogP contribution in [0.2, 0.25) is 0 Å². The Kier molecular flexibility index (Phi) is 1.88. The van der Waals surface area contributed by atoms with Gasteiger partial charge in [0.05, 0.1) is 13.3 Å². The second-order valence-corrected chi connectivity index (χ2v) is 2.73. The zero-order chi connectivity index (χ0) is 7.68. The topological polar surface area (TPSA) is 54.6 Å². The van der Waals surface area contributed by atoms with Crippen LogP contribution >= 0.6 is 12.2 Å². The molecule has 4 N–H and O–H groups in total. The molecular formula is C4H10N6S. The van der Waals surface area contributed by atoms with Crippen LogP contribution in [0.15, 0.2) is 0 Å². The summed E-state index contributed by atoms with van der Waals surface area (Å²) < 4.78 is 0. The fourth-order valence-electron chi connectivity index (χ4n) is 1.02. The summed E-state index contributed by atoms with van der Waals surface area (Å²) in [4.78, 5) is 0. The molecule has 2 fully saturated rings. The van der Waals surface area contributed by atoms with E-state index in [2.05, 4.69) is 21.5 Å². The highest BCUT2D eigenvalue weighted by Gasteiger charge is 2.23. The minimum absolute atomic E-state index is 0.665. The third-order valence-corrected chi connectivity index (χ3v) is 1.80. The Bertz CT molecular complexity index is 166. The molecule has 7 heteroatoms. The number of thiocarbonyl (C=S) groups is 1. The van der Waals surface area contributed by atoms with E-state index in [-0.39, 0.29) is 0 Å². The highest BCUT2D eigenvalue weighted by Crippen LogP contribution is 1.94. The summed E-state index contributed by atoms with van der Waals surface area (Å²) in [6.45, 7) is 2.29. The largest absolute Gasteiger partial charge is 0.346 e. The molecule has 11 heavy (non-hydrogen) atoms. The van der Waals surface area contributed by atoms with E-state index < -0.39 is 0 Å². The monoisotopic (exact) mass is 174 g/mol. The Balaban J connectivity index is 1.90. The SMILES string of the molecule is S=C1NCN(N2CNCN2)N1. The van der Waals surface area contributed by atoms with Crippen molar-refractivity contribution in [2.45, 2.75) is 0 Å². The standard InChI is InChI=1S/C4H10N6S/c11-4-6-3-10(8-4)9-2-5-1-7-9/h5,7H,1-3H2,(H2,6,8,11). The second-order valence-electron chi connectivity index (χ2n) is 2.32. The first-order valence-electron chi connectivity index (χ1n) is 3.40. The average molecular weight is 174 g/mol. The molecule has 0 spiro atoms. The van der Waals surface area contributed by atoms with Gasteiger partial charge >= 0.3 is 0 Å². The maximum Gasteiger partial charge on any atom is 0.183 e. The first-order valence-corrected chi connectivity index (χ1v) is 3.81. The van der Waals surface area contributed by atoms with Gasteiger partial charge in [0.25, 0.3) is 0 Å². The van der Waals surface area contributed by atoms with Crippen molar-refractivity contribution in [2.24, 2.45) is 0 Å². The lowest BCUT2D eigenvalue weighted by Gasteiger charge is -2.23. The van der Waals surface area contributed by atoms with Gasteiger partial charge in [0.15, 0.2) is 5.11 Å². The van der Waals surface area contributed by atoms with Crippen molar-refractivity contribution >= 4 is 17.3 Å². The minimum atomic E-state index is 0.665. The summed E-state index contributed by atoms with van der Waals surface area (Å²) in [6, 6.07) is 0. The van der Waals surface area contributed by atoms with E-state index in [1.807, 2.05) is 10.2 Å². The third-order valence-electron chi connectivity index (χ3n) is 1.56. The van der Waals surface area contributed by atoms with Crippen molar-refractivity contribution < 1.29 is 0 Å². The lowest BCUT2D eigenvalue weighted by molar-refractivity contribution is -0.0577. The van der Waals surface area contributed by atoms with E-state index in [1.54, 1.807) is 0 Å². The van der Waals surface area contributed by atoms with Crippen LogP contribution in [0.5, 0.6) is 0 Å². The first-order chi connectivity index (χ1) is 5.36. The number of nitrogens with one attached hydrogen (secondary N) is 4. The maximum atomic E-state index is 4.89. The highest BCUT2D eigenvalue weighted by molar-refractivity contribution is 7.80. The first kappa shape index (κ1) is 7.19. The molecule has 0 unspecified atom stereocenters. The predicted molar refractivity (Wildman–Crippen MR) is 43.4 cm³/mol. The van der Waals surface area contributed by atoms with Crippen molar-refractivity contribution in [3.05, 3.63) is 0 Å². The van der Waals surface area contributed by atoms with Crippen LogP contribution in [0.4, 0.5) is 0 Å². The Morgan fingerprint density at radius 1 is 1.27 bits per heavy atom. The van der Waals surface area contributed by atoms with E-state index >= 15 is 0 Å². The normalized spacial score (nSPS) is 27.1. The van der Waals surface area contributed by atoms with Gasteiger partial charge in [-0.15, -0.1) is 10.2 Å². The smallest absolute Gasteiger partial charge is 0.183 e. The van der Waals surface area contributed by atoms with E-state index in [9.17, 15) is 0 Å². The van der Waals surface area contributed by atoms with Gasteiger partial charge in [-0.05, 0) is 12.2 Å². The molecule has 62 valence electrons. The molecule has 0 aliphatic carbocycles. The Labute approximate surface area is 69.8 Å². The molecule has 2 aliphatic rings. The molecule has 0 aromatic heterocycles. The number of hydrogen-bond donors (Lipinski definition) is 4. The number of hydrogen-bond acceptors (Lipinski definition) is 5. The lowest BCUT2D eigenvalue weighted by atomic mass is 11.0. The van der Waals surface area contributed by atoms with Crippen molar-refractivity contribution in [1.82, 2.24) is 31.7 Å². The molecule has 2 rings (SSSR count). The van der Waals surface area contributed by atoms with Crippen molar-refractivity contribution in [3.63, 3.8) is 0 Å². The Morgan fingerprint density at radius 2 is 2.18 bits per heavy atom. The van der Waals surface area contributed by atoms with E-state index in [0.29, 0.717) is 11.8 Å². The molecule has 0 atom stereocenters. The van der Waals surface area contributed by atoms with Gasteiger partial charge in [-0.1, -0.05) is 0 Å². The predicted octanol–water partition coefficient (Wildman–Crippen LogP) is -2.12. The Hall–Kier alpha value is -0.470. The van der Waals surface area contributed by atoms with Crippen molar-refractivity contribution in [1.29, 1.82) is 0 Å². The van der Waals surface area contributed by atoms with Gasteiger partial charge in [0, 0.05) is 0 Å². The number of nitrogens with zero attached hydrogens (tertiary/aromatic N) is 2. The summed E-state index contributed by atoms with van der Waals surface area (Å²) in [5.41, 5.74) is 6.08. The summed E-state index contributed by atoms with van der Waals surface area (Å²) >= 11 is 4.89. The maximum absolute atomic E-state index is 4.89. The summed E-state index contributed by atoms with van der Waals surface area (Å²) in [5.74, 6) is 0. The molecule has 2 heterocycles. The van der Waals surface area contributed by atoms with Crippen LogP contribution in [0.25, 0.3) is 0 Å². The molecular weight excluding hydrogens is 164 g/mol. The molecule has 0 saturated carbocycles. The lowest BCUT2D eigenvalue weighted by Crippen LogP contribution is -2.51. The molecule has 6 nitrogen and oxygen atoms in total. The zero-order valence-corrected chi connectivity index (χ0v) is 6.74. The van der Waals surface area contributed by atoms with E-state index in [4.69, 9.17) is 12.2 Å². The molecule has 0 radical (unpaired) electrons. The third kappa shape index (κ3) is 1.42. The van der Waals surface area contributed by atoms with Crippen molar-refractivity contribution in [2.75, 3.05) is 20.0 Å². The molecule has 2 aliphatic heterocycles. The fraction of sp³-hybridized carbons (Fsp3) is 0.750.